The second-order valence-electron chi connectivity index (χ2n) is 7.85. The van der Waals surface area contributed by atoms with Crippen LogP contribution < -0.4 is 24.8 Å². The Balaban J connectivity index is 1.93. The lowest BCUT2D eigenvalue weighted by Gasteiger charge is -2.12. The molecule has 10 heteroatoms. The highest BCUT2D eigenvalue weighted by Gasteiger charge is 2.17. The highest BCUT2D eigenvalue weighted by atomic mass is 32.2. The standard InChI is InChI=1S/C23H31N3O6S/c1-15(2)14-24-23(28)17-6-8-19(16(3)12-17)26-22(27)10-11-25-33(29,30)18-7-9-20(31-4)21(13-18)32-5/h6-9,12-13,15,25H,10-11,14H2,1-5H3,(H,24,28)(H,26,27). The molecule has 180 valence electrons. The van der Waals surface area contributed by atoms with Crippen molar-refractivity contribution >= 4 is 27.5 Å². The third-order valence-electron chi connectivity index (χ3n) is 4.74. The lowest BCUT2D eigenvalue weighted by Crippen LogP contribution is -2.28. The third-order valence-corrected chi connectivity index (χ3v) is 6.20. The first kappa shape index (κ1) is 26.1. The molecule has 2 amide bonds. The summed E-state index contributed by atoms with van der Waals surface area (Å²) in [6.07, 6.45) is -0.0669. The van der Waals surface area contributed by atoms with Gasteiger partial charge in [-0.15, -0.1) is 0 Å². The zero-order valence-electron chi connectivity index (χ0n) is 19.5. The molecule has 0 fully saturated rings. The molecule has 0 aliphatic heterocycles. The molecule has 0 unspecified atom stereocenters. The molecular formula is C23H31N3O6S. The van der Waals surface area contributed by atoms with E-state index in [1.807, 2.05) is 13.8 Å². The molecule has 0 aliphatic rings. The number of aryl methyl sites for hydroxylation is 1. The zero-order valence-corrected chi connectivity index (χ0v) is 20.3. The van der Waals surface area contributed by atoms with Gasteiger partial charge in [-0.2, -0.15) is 0 Å². The monoisotopic (exact) mass is 477 g/mol. The van der Waals surface area contributed by atoms with E-state index in [9.17, 15) is 18.0 Å². The van der Waals surface area contributed by atoms with Gasteiger partial charge in [0.05, 0.1) is 19.1 Å². The summed E-state index contributed by atoms with van der Waals surface area (Å²) in [5.74, 6) is 0.515. The summed E-state index contributed by atoms with van der Waals surface area (Å²) in [7, 11) is -0.958. The Labute approximate surface area is 194 Å². The molecule has 33 heavy (non-hydrogen) atoms. The number of anilines is 1. The number of methoxy groups -OCH3 is 2. The second-order valence-corrected chi connectivity index (χ2v) is 9.61. The number of nitrogens with one attached hydrogen (secondary N) is 3. The van der Waals surface area contributed by atoms with Crippen LogP contribution in [0.1, 0.15) is 36.2 Å². The average molecular weight is 478 g/mol. The molecule has 0 spiro atoms. The Morgan fingerprint density at radius 3 is 2.30 bits per heavy atom. The van der Waals surface area contributed by atoms with E-state index in [0.717, 1.165) is 5.56 Å². The largest absolute Gasteiger partial charge is 0.493 e. The molecule has 0 saturated carbocycles. The van der Waals surface area contributed by atoms with Gasteiger partial charge in [-0.25, -0.2) is 13.1 Å². The molecule has 2 aromatic rings. The Kier molecular flexibility index (Phi) is 9.24. The first-order valence-electron chi connectivity index (χ1n) is 10.5. The summed E-state index contributed by atoms with van der Waals surface area (Å²) in [5.41, 5.74) is 1.79. The fourth-order valence-corrected chi connectivity index (χ4v) is 3.97. The number of ether oxygens (including phenoxy) is 2. The van der Waals surface area contributed by atoms with E-state index in [0.29, 0.717) is 29.5 Å². The van der Waals surface area contributed by atoms with Gasteiger partial charge in [-0.05, 0) is 48.7 Å². The van der Waals surface area contributed by atoms with Crippen molar-refractivity contribution in [2.24, 2.45) is 5.92 Å². The summed E-state index contributed by atoms with van der Waals surface area (Å²) >= 11 is 0. The van der Waals surface area contributed by atoms with E-state index in [1.165, 1.54) is 32.4 Å². The van der Waals surface area contributed by atoms with E-state index in [4.69, 9.17) is 9.47 Å². The van der Waals surface area contributed by atoms with Crippen molar-refractivity contribution in [2.75, 3.05) is 32.6 Å². The van der Waals surface area contributed by atoms with Gasteiger partial charge < -0.3 is 20.1 Å². The van der Waals surface area contributed by atoms with Crippen LogP contribution >= 0.6 is 0 Å². The maximum atomic E-state index is 12.5. The van der Waals surface area contributed by atoms with Gasteiger partial charge in [0.25, 0.3) is 5.91 Å². The van der Waals surface area contributed by atoms with Crippen LogP contribution in [0.5, 0.6) is 11.5 Å². The van der Waals surface area contributed by atoms with Crippen molar-refractivity contribution in [1.82, 2.24) is 10.0 Å². The number of benzene rings is 2. The first-order valence-corrected chi connectivity index (χ1v) is 12.0. The first-order chi connectivity index (χ1) is 15.6. The second kappa shape index (κ2) is 11.7. The smallest absolute Gasteiger partial charge is 0.251 e. The molecule has 0 radical (unpaired) electrons. The number of rotatable bonds is 11. The minimum absolute atomic E-state index is 0.00253. The van der Waals surface area contributed by atoms with E-state index < -0.39 is 10.0 Å². The topological polar surface area (TPSA) is 123 Å². The summed E-state index contributed by atoms with van der Waals surface area (Å²) in [4.78, 5) is 24.5. The lowest BCUT2D eigenvalue weighted by molar-refractivity contribution is -0.116. The van der Waals surface area contributed by atoms with Crippen LogP contribution in [0.25, 0.3) is 0 Å². The predicted octanol–water partition coefficient (Wildman–Crippen LogP) is 2.71. The summed E-state index contributed by atoms with van der Waals surface area (Å²) in [6.45, 7) is 6.30. The van der Waals surface area contributed by atoms with Crippen LogP contribution in [-0.2, 0) is 14.8 Å². The van der Waals surface area contributed by atoms with Crippen molar-refractivity contribution in [1.29, 1.82) is 0 Å². The maximum Gasteiger partial charge on any atom is 0.251 e. The number of hydrogen-bond donors (Lipinski definition) is 3. The van der Waals surface area contributed by atoms with Gasteiger partial charge in [0, 0.05) is 36.8 Å². The molecule has 0 aliphatic carbocycles. The van der Waals surface area contributed by atoms with Gasteiger partial charge in [0.2, 0.25) is 15.9 Å². The Hall–Kier alpha value is -3.11. The Morgan fingerprint density at radius 1 is 1.00 bits per heavy atom. The minimum Gasteiger partial charge on any atom is -0.493 e. The van der Waals surface area contributed by atoms with Gasteiger partial charge in [0.1, 0.15) is 0 Å². The zero-order chi connectivity index (χ0) is 24.6. The number of carbonyl (C=O) groups excluding carboxylic acids is 2. The van der Waals surface area contributed by atoms with Crippen LogP contribution in [0, 0.1) is 12.8 Å². The fraction of sp³-hybridized carbons (Fsp3) is 0.391. The van der Waals surface area contributed by atoms with Crippen molar-refractivity contribution in [2.45, 2.75) is 32.1 Å². The Bertz CT molecular complexity index is 1100. The highest BCUT2D eigenvalue weighted by Crippen LogP contribution is 2.29. The molecule has 2 rings (SSSR count). The number of hydrogen-bond acceptors (Lipinski definition) is 6. The molecule has 9 nitrogen and oxygen atoms in total. The Morgan fingerprint density at radius 2 is 1.70 bits per heavy atom. The van der Waals surface area contributed by atoms with E-state index in [-0.39, 0.29) is 35.4 Å². The average Bonchev–Trinajstić information content (AvgIpc) is 2.78. The number of carbonyl (C=O) groups is 2. The summed E-state index contributed by atoms with van der Waals surface area (Å²) in [5, 5.41) is 5.59. The van der Waals surface area contributed by atoms with Gasteiger partial charge in [-0.1, -0.05) is 13.8 Å². The van der Waals surface area contributed by atoms with E-state index in [1.54, 1.807) is 25.1 Å². The van der Waals surface area contributed by atoms with E-state index >= 15 is 0 Å². The van der Waals surface area contributed by atoms with Crippen LogP contribution in [-0.4, -0.2) is 47.5 Å². The fourth-order valence-electron chi connectivity index (χ4n) is 2.92. The van der Waals surface area contributed by atoms with E-state index in [2.05, 4.69) is 15.4 Å². The molecule has 3 N–H and O–H groups in total. The van der Waals surface area contributed by atoms with Crippen LogP contribution in [0.2, 0.25) is 0 Å². The predicted molar refractivity (Wildman–Crippen MR) is 126 cm³/mol. The molecule has 0 bridgehead atoms. The van der Waals surface area contributed by atoms with Gasteiger partial charge in [0.15, 0.2) is 11.5 Å². The van der Waals surface area contributed by atoms with Crippen molar-refractivity contribution < 1.29 is 27.5 Å². The van der Waals surface area contributed by atoms with Crippen molar-refractivity contribution in [3.8, 4) is 11.5 Å². The summed E-state index contributed by atoms with van der Waals surface area (Å²) < 4.78 is 37.7. The van der Waals surface area contributed by atoms with Gasteiger partial charge in [-0.3, -0.25) is 9.59 Å². The molecule has 0 saturated heterocycles. The molecule has 2 aromatic carbocycles. The number of sulfonamides is 1. The SMILES string of the molecule is COc1ccc(S(=O)(=O)NCCC(=O)Nc2ccc(C(=O)NCC(C)C)cc2C)cc1OC. The molecule has 0 heterocycles. The molecule has 0 aromatic heterocycles. The van der Waals surface area contributed by atoms with Gasteiger partial charge >= 0.3 is 0 Å². The minimum atomic E-state index is -3.83. The number of amides is 2. The highest BCUT2D eigenvalue weighted by molar-refractivity contribution is 7.89. The van der Waals surface area contributed by atoms with Crippen LogP contribution in [0.3, 0.4) is 0 Å². The van der Waals surface area contributed by atoms with Crippen molar-refractivity contribution in [3.63, 3.8) is 0 Å². The van der Waals surface area contributed by atoms with Crippen LogP contribution in [0.4, 0.5) is 5.69 Å². The lowest BCUT2D eigenvalue weighted by atomic mass is 10.1. The van der Waals surface area contributed by atoms with Crippen molar-refractivity contribution in [3.05, 3.63) is 47.5 Å². The normalized spacial score (nSPS) is 11.2. The maximum absolute atomic E-state index is 12.5. The summed E-state index contributed by atoms with van der Waals surface area (Å²) in [6, 6.07) is 9.24. The quantitative estimate of drug-likeness (QED) is 0.457. The molecular weight excluding hydrogens is 446 g/mol. The molecule has 0 atom stereocenters. The van der Waals surface area contributed by atoms with Crippen LogP contribution in [0.15, 0.2) is 41.3 Å². The third kappa shape index (κ3) is 7.47.